The lowest BCUT2D eigenvalue weighted by molar-refractivity contribution is -0.136. The van der Waals surface area contributed by atoms with Crippen LogP contribution in [0.2, 0.25) is 0 Å². The minimum atomic E-state index is -3.76. The normalized spacial score (nSPS) is 10.9. The van der Waals surface area contributed by atoms with Crippen molar-refractivity contribution in [1.29, 1.82) is 0 Å². The molecule has 8 nitrogen and oxygen atoms in total. The van der Waals surface area contributed by atoms with Crippen molar-refractivity contribution in [3.8, 4) is 0 Å². The molecule has 1 aromatic heterocycles. The summed E-state index contributed by atoms with van der Waals surface area (Å²) in [5.74, 6) is -1.39. The largest absolute Gasteiger partial charge is 0.344 e. The number of anilines is 1. The lowest BCUT2D eigenvalue weighted by Crippen LogP contribution is -2.35. The summed E-state index contributed by atoms with van der Waals surface area (Å²) in [6.07, 6.45) is 1.57. The van der Waals surface area contributed by atoms with Crippen molar-refractivity contribution < 1.29 is 18.0 Å². The van der Waals surface area contributed by atoms with Crippen molar-refractivity contribution >= 4 is 27.7 Å². The predicted octanol–water partition coefficient (Wildman–Crippen LogP) is 0.292. The maximum absolute atomic E-state index is 11.7. The maximum atomic E-state index is 11.7. The van der Waals surface area contributed by atoms with E-state index in [0.29, 0.717) is 5.56 Å². The second-order valence-electron chi connectivity index (χ2n) is 5.05. The van der Waals surface area contributed by atoms with E-state index >= 15 is 0 Å². The van der Waals surface area contributed by atoms with Crippen molar-refractivity contribution in [2.75, 3.05) is 5.32 Å². The number of pyridine rings is 1. The SMILES string of the molecule is Cc1ccc(NC(=O)C(=O)NCc2ccc(S(N)(=O)=O)cc2)nc1. The molecule has 126 valence electrons. The summed E-state index contributed by atoms with van der Waals surface area (Å²) in [5.41, 5.74) is 1.55. The van der Waals surface area contributed by atoms with Crippen LogP contribution in [0.1, 0.15) is 11.1 Å². The number of carbonyl (C=O) groups is 2. The van der Waals surface area contributed by atoms with E-state index in [9.17, 15) is 18.0 Å². The van der Waals surface area contributed by atoms with Gasteiger partial charge in [0, 0.05) is 12.7 Å². The molecular weight excluding hydrogens is 332 g/mol. The van der Waals surface area contributed by atoms with E-state index in [1.807, 2.05) is 6.92 Å². The fourth-order valence-electron chi connectivity index (χ4n) is 1.77. The third-order valence-corrected chi connectivity index (χ3v) is 3.99. The summed E-state index contributed by atoms with van der Waals surface area (Å²) in [5, 5.41) is 9.80. The van der Waals surface area contributed by atoms with Gasteiger partial charge in [-0.25, -0.2) is 18.5 Å². The fraction of sp³-hybridized carbons (Fsp3) is 0.133. The second-order valence-corrected chi connectivity index (χ2v) is 6.61. The first kappa shape index (κ1) is 17.6. The lowest BCUT2D eigenvalue weighted by Gasteiger charge is -2.07. The number of carbonyl (C=O) groups excluding carboxylic acids is 2. The van der Waals surface area contributed by atoms with E-state index in [-0.39, 0.29) is 17.3 Å². The molecule has 0 bridgehead atoms. The average molecular weight is 348 g/mol. The van der Waals surface area contributed by atoms with Gasteiger partial charge in [0.25, 0.3) is 0 Å². The molecular formula is C15H16N4O4S. The first-order valence-corrected chi connectivity index (χ1v) is 8.44. The zero-order chi connectivity index (χ0) is 17.7. The molecule has 0 saturated heterocycles. The molecule has 2 aromatic rings. The molecule has 0 aliphatic heterocycles. The third-order valence-electron chi connectivity index (χ3n) is 3.06. The highest BCUT2D eigenvalue weighted by Crippen LogP contribution is 2.08. The first-order chi connectivity index (χ1) is 11.3. The van der Waals surface area contributed by atoms with Gasteiger partial charge in [0.1, 0.15) is 5.82 Å². The molecule has 0 radical (unpaired) electrons. The molecule has 1 aromatic carbocycles. The van der Waals surface area contributed by atoms with E-state index in [2.05, 4.69) is 15.6 Å². The molecule has 24 heavy (non-hydrogen) atoms. The van der Waals surface area contributed by atoms with Crippen LogP contribution in [0, 0.1) is 6.92 Å². The van der Waals surface area contributed by atoms with Gasteiger partial charge < -0.3 is 10.6 Å². The molecule has 0 fully saturated rings. The monoisotopic (exact) mass is 348 g/mol. The Bertz CT molecular complexity index is 846. The summed E-state index contributed by atoms with van der Waals surface area (Å²) in [4.78, 5) is 27.4. The van der Waals surface area contributed by atoms with Crippen LogP contribution < -0.4 is 15.8 Å². The van der Waals surface area contributed by atoms with Crippen LogP contribution in [0.25, 0.3) is 0 Å². The Morgan fingerprint density at radius 1 is 1.08 bits per heavy atom. The topological polar surface area (TPSA) is 131 Å². The van der Waals surface area contributed by atoms with Gasteiger partial charge in [-0.05, 0) is 36.2 Å². The molecule has 4 N–H and O–H groups in total. The highest BCUT2D eigenvalue weighted by molar-refractivity contribution is 7.89. The zero-order valence-electron chi connectivity index (χ0n) is 12.8. The van der Waals surface area contributed by atoms with Crippen molar-refractivity contribution in [2.24, 2.45) is 5.14 Å². The number of sulfonamides is 1. The van der Waals surface area contributed by atoms with Gasteiger partial charge in [0.2, 0.25) is 10.0 Å². The molecule has 0 saturated carbocycles. The van der Waals surface area contributed by atoms with Crippen molar-refractivity contribution in [1.82, 2.24) is 10.3 Å². The second kappa shape index (κ2) is 7.20. The predicted molar refractivity (Wildman–Crippen MR) is 87.3 cm³/mol. The van der Waals surface area contributed by atoms with Gasteiger partial charge in [0.05, 0.1) is 4.90 Å². The number of hydrogen-bond acceptors (Lipinski definition) is 5. The van der Waals surface area contributed by atoms with Gasteiger partial charge >= 0.3 is 11.8 Å². The molecule has 2 rings (SSSR count). The van der Waals surface area contributed by atoms with Crippen molar-refractivity contribution in [3.05, 3.63) is 53.7 Å². The van der Waals surface area contributed by atoms with Crippen LogP contribution in [0.4, 0.5) is 5.82 Å². The number of nitrogens with two attached hydrogens (primary N) is 1. The number of amides is 2. The van der Waals surface area contributed by atoms with Crippen molar-refractivity contribution in [2.45, 2.75) is 18.4 Å². The third kappa shape index (κ3) is 4.86. The van der Waals surface area contributed by atoms with E-state index in [0.717, 1.165) is 5.56 Å². The van der Waals surface area contributed by atoms with E-state index in [4.69, 9.17) is 5.14 Å². The van der Waals surface area contributed by atoms with Gasteiger partial charge in [-0.3, -0.25) is 9.59 Å². The number of primary sulfonamides is 1. The van der Waals surface area contributed by atoms with Crippen molar-refractivity contribution in [3.63, 3.8) is 0 Å². The van der Waals surface area contributed by atoms with Gasteiger partial charge in [-0.2, -0.15) is 0 Å². The van der Waals surface area contributed by atoms with Crippen LogP contribution in [0.15, 0.2) is 47.5 Å². The highest BCUT2D eigenvalue weighted by Gasteiger charge is 2.14. The molecule has 0 unspecified atom stereocenters. The number of nitrogens with one attached hydrogen (secondary N) is 2. The Kier molecular flexibility index (Phi) is 5.27. The Hall–Kier alpha value is -2.78. The summed E-state index contributed by atoms with van der Waals surface area (Å²) in [6.45, 7) is 1.92. The molecule has 0 aliphatic rings. The number of benzene rings is 1. The molecule has 0 spiro atoms. The van der Waals surface area contributed by atoms with E-state index < -0.39 is 21.8 Å². The summed E-state index contributed by atoms with van der Waals surface area (Å²) in [6, 6.07) is 9.00. The van der Waals surface area contributed by atoms with Crippen LogP contribution in [-0.4, -0.2) is 25.2 Å². The van der Waals surface area contributed by atoms with Crippen LogP contribution in [0.3, 0.4) is 0 Å². The molecule has 0 aliphatic carbocycles. The highest BCUT2D eigenvalue weighted by atomic mass is 32.2. The number of aromatic nitrogens is 1. The number of nitrogens with zero attached hydrogens (tertiary/aromatic N) is 1. The average Bonchev–Trinajstić information content (AvgIpc) is 2.54. The van der Waals surface area contributed by atoms with Crippen LogP contribution >= 0.6 is 0 Å². The zero-order valence-corrected chi connectivity index (χ0v) is 13.6. The Morgan fingerprint density at radius 3 is 2.29 bits per heavy atom. The van der Waals surface area contributed by atoms with E-state index in [1.54, 1.807) is 18.3 Å². The fourth-order valence-corrected chi connectivity index (χ4v) is 2.29. The first-order valence-electron chi connectivity index (χ1n) is 6.89. The van der Waals surface area contributed by atoms with Gasteiger partial charge in [0.15, 0.2) is 0 Å². The summed E-state index contributed by atoms with van der Waals surface area (Å²) < 4.78 is 22.3. The minimum Gasteiger partial charge on any atom is -0.344 e. The Morgan fingerprint density at radius 2 is 1.75 bits per heavy atom. The maximum Gasteiger partial charge on any atom is 0.314 e. The molecule has 0 atom stereocenters. The quantitative estimate of drug-likeness (QED) is 0.684. The summed E-state index contributed by atoms with van der Waals surface area (Å²) >= 11 is 0. The van der Waals surface area contributed by atoms with Gasteiger partial charge in [-0.15, -0.1) is 0 Å². The lowest BCUT2D eigenvalue weighted by atomic mass is 10.2. The number of hydrogen-bond donors (Lipinski definition) is 3. The molecule has 1 heterocycles. The number of aryl methyl sites for hydroxylation is 1. The van der Waals surface area contributed by atoms with Gasteiger partial charge in [-0.1, -0.05) is 18.2 Å². The minimum absolute atomic E-state index is 0.0271. The summed E-state index contributed by atoms with van der Waals surface area (Å²) in [7, 11) is -3.76. The molecule has 2 amide bonds. The number of rotatable bonds is 4. The molecule has 9 heteroatoms. The van der Waals surface area contributed by atoms with Crippen LogP contribution in [-0.2, 0) is 26.2 Å². The standard InChI is InChI=1S/C15H16N4O4S/c1-10-2-7-13(17-8-10)19-15(21)14(20)18-9-11-3-5-12(6-4-11)24(16,22)23/h2-8H,9H2,1H3,(H,18,20)(H2,16,22,23)(H,17,19,21). The Balaban J connectivity index is 1.90. The van der Waals surface area contributed by atoms with E-state index in [1.165, 1.54) is 24.3 Å². The smallest absolute Gasteiger partial charge is 0.314 e. The Labute approximate surface area is 139 Å². The van der Waals surface area contributed by atoms with Crippen LogP contribution in [0.5, 0.6) is 0 Å².